The third-order valence-electron chi connectivity index (χ3n) is 3.92. The van der Waals surface area contributed by atoms with E-state index in [1.165, 1.54) is 0 Å². The van der Waals surface area contributed by atoms with E-state index in [4.69, 9.17) is 4.74 Å². The van der Waals surface area contributed by atoms with Crippen LogP contribution in [-0.4, -0.2) is 31.1 Å². The number of benzene rings is 1. The summed E-state index contributed by atoms with van der Waals surface area (Å²) in [7, 11) is 0. The number of hydrogen-bond donors (Lipinski definition) is 3. The van der Waals surface area contributed by atoms with Crippen LogP contribution in [0.3, 0.4) is 0 Å². The number of amides is 3. The van der Waals surface area contributed by atoms with Crippen LogP contribution in [0.25, 0.3) is 0 Å². The molecular weight excluding hydrogens is 294 g/mol. The molecule has 0 saturated heterocycles. The molecule has 23 heavy (non-hydrogen) atoms. The first-order valence-corrected chi connectivity index (χ1v) is 8.15. The van der Waals surface area contributed by atoms with Gasteiger partial charge in [0, 0.05) is 31.0 Å². The first kappa shape index (κ1) is 17.1. The fourth-order valence-electron chi connectivity index (χ4n) is 2.44. The highest BCUT2D eigenvalue weighted by Crippen LogP contribution is 2.31. The molecule has 3 amide bonds. The van der Waals surface area contributed by atoms with E-state index in [2.05, 4.69) is 16.0 Å². The number of fused-ring (bicyclic) bond motifs is 1. The maximum Gasteiger partial charge on any atom is 0.315 e. The lowest BCUT2D eigenvalue weighted by atomic mass is 10.0. The molecular formula is C17H25N3O3. The minimum atomic E-state index is -0.261. The molecule has 1 heterocycles. The van der Waals surface area contributed by atoms with Crippen LogP contribution in [0, 0.1) is 0 Å². The molecule has 0 fully saturated rings. The lowest BCUT2D eigenvalue weighted by Crippen LogP contribution is -2.41. The van der Waals surface area contributed by atoms with Crippen molar-refractivity contribution in [3.8, 4) is 5.75 Å². The first-order valence-electron chi connectivity index (χ1n) is 8.15. The third kappa shape index (κ3) is 5.16. The molecule has 0 saturated carbocycles. The Morgan fingerprint density at radius 3 is 2.91 bits per heavy atom. The topological polar surface area (TPSA) is 79.5 Å². The van der Waals surface area contributed by atoms with E-state index in [0.717, 1.165) is 24.2 Å². The highest BCUT2D eigenvalue weighted by atomic mass is 16.5. The van der Waals surface area contributed by atoms with Crippen molar-refractivity contribution >= 4 is 11.9 Å². The Kier molecular flexibility index (Phi) is 6.26. The summed E-state index contributed by atoms with van der Waals surface area (Å²) in [5, 5.41) is 8.54. The number of rotatable bonds is 6. The van der Waals surface area contributed by atoms with Crippen LogP contribution in [0.2, 0.25) is 0 Å². The van der Waals surface area contributed by atoms with Crippen molar-refractivity contribution in [1.29, 1.82) is 0 Å². The smallest absolute Gasteiger partial charge is 0.315 e. The van der Waals surface area contributed by atoms with Crippen LogP contribution in [0.15, 0.2) is 24.3 Å². The van der Waals surface area contributed by atoms with E-state index < -0.39 is 0 Å². The average molecular weight is 319 g/mol. The number of ether oxygens (including phenoxy) is 1. The maximum absolute atomic E-state index is 12.0. The number of hydrogen-bond acceptors (Lipinski definition) is 3. The second-order valence-corrected chi connectivity index (χ2v) is 5.75. The van der Waals surface area contributed by atoms with Crippen molar-refractivity contribution in [3.05, 3.63) is 29.8 Å². The predicted molar refractivity (Wildman–Crippen MR) is 88.3 cm³/mol. The number of urea groups is 1. The summed E-state index contributed by atoms with van der Waals surface area (Å²) in [6.07, 6.45) is 1.91. The van der Waals surface area contributed by atoms with Gasteiger partial charge in [0.1, 0.15) is 5.75 Å². The molecule has 0 aromatic heterocycles. The van der Waals surface area contributed by atoms with Crippen LogP contribution in [-0.2, 0) is 4.79 Å². The molecule has 1 aliphatic rings. The second-order valence-electron chi connectivity index (χ2n) is 5.75. The molecule has 1 aromatic carbocycles. The van der Waals surface area contributed by atoms with Crippen molar-refractivity contribution in [1.82, 2.24) is 16.0 Å². The molecule has 0 radical (unpaired) electrons. The van der Waals surface area contributed by atoms with E-state index in [-0.39, 0.29) is 30.4 Å². The molecule has 2 atom stereocenters. The monoisotopic (exact) mass is 319 g/mol. The van der Waals surface area contributed by atoms with Crippen molar-refractivity contribution in [2.45, 2.75) is 45.2 Å². The van der Waals surface area contributed by atoms with Gasteiger partial charge in [-0.25, -0.2) is 4.79 Å². The molecule has 0 bridgehead atoms. The second kappa shape index (κ2) is 8.41. The average Bonchev–Trinajstić information content (AvgIpc) is 2.55. The lowest BCUT2D eigenvalue weighted by Gasteiger charge is -2.26. The van der Waals surface area contributed by atoms with Gasteiger partial charge < -0.3 is 20.7 Å². The Bertz CT molecular complexity index is 548. The summed E-state index contributed by atoms with van der Waals surface area (Å²) in [5.41, 5.74) is 0.989. The molecule has 1 aliphatic heterocycles. The Morgan fingerprint density at radius 1 is 1.35 bits per heavy atom. The van der Waals surface area contributed by atoms with E-state index in [0.29, 0.717) is 13.2 Å². The Balaban J connectivity index is 1.75. The van der Waals surface area contributed by atoms with Gasteiger partial charge in [-0.05, 0) is 19.4 Å². The fourth-order valence-corrected chi connectivity index (χ4v) is 2.44. The SMILES string of the molecule is CC[C@H](C)NC(=O)CCNC(=O)N[C@H]1CCOc2ccccc21. The molecule has 6 heteroatoms. The summed E-state index contributed by atoms with van der Waals surface area (Å²) in [6, 6.07) is 7.54. The van der Waals surface area contributed by atoms with Gasteiger partial charge >= 0.3 is 6.03 Å². The molecule has 0 spiro atoms. The molecule has 3 N–H and O–H groups in total. The molecule has 1 aromatic rings. The minimum absolute atomic E-state index is 0.0453. The zero-order chi connectivity index (χ0) is 16.7. The Labute approximate surface area is 137 Å². The standard InChI is InChI=1S/C17H25N3O3/c1-3-12(2)19-16(21)8-10-18-17(22)20-14-9-11-23-15-7-5-4-6-13(14)15/h4-7,12,14H,3,8-11H2,1-2H3,(H,19,21)(H2,18,20,22)/t12-,14-/m0/s1. The van der Waals surface area contributed by atoms with Crippen molar-refractivity contribution in [3.63, 3.8) is 0 Å². The van der Waals surface area contributed by atoms with Crippen molar-refractivity contribution in [2.24, 2.45) is 0 Å². The van der Waals surface area contributed by atoms with Crippen molar-refractivity contribution < 1.29 is 14.3 Å². The van der Waals surface area contributed by atoms with Gasteiger partial charge in [0.15, 0.2) is 0 Å². The highest BCUT2D eigenvalue weighted by molar-refractivity contribution is 5.78. The van der Waals surface area contributed by atoms with E-state index in [9.17, 15) is 9.59 Å². The lowest BCUT2D eigenvalue weighted by molar-refractivity contribution is -0.121. The summed E-state index contributed by atoms with van der Waals surface area (Å²) in [6.45, 7) is 4.88. The van der Waals surface area contributed by atoms with Gasteiger partial charge in [0.05, 0.1) is 12.6 Å². The Hall–Kier alpha value is -2.24. The van der Waals surface area contributed by atoms with Crippen LogP contribution >= 0.6 is 0 Å². The normalized spacial score (nSPS) is 17.4. The first-order chi connectivity index (χ1) is 11.1. The van der Waals surface area contributed by atoms with Gasteiger partial charge in [-0.2, -0.15) is 0 Å². The third-order valence-corrected chi connectivity index (χ3v) is 3.92. The molecule has 126 valence electrons. The van der Waals surface area contributed by atoms with Gasteiger partial charge in [-0.15, -0.1) is 0 Å². The fraction of sp³-hybridized carbons (Fsp3) is 0.529. The molecule has 2 rings (SSSR count). The van der Waals surface area contributed by atoms with Crippen molar-refractivity contribution in [2.75, 3.05) is 13.2 Å². The van der Waals surface area contributed by atoms with E-state index >= 15 is 0 Å². The zero-order valence-corrected chi connectivity index (χ0v) is 13.7. The number of nitrogens with one attached hydrogen (secondary N) is 3. The maximum atomic E-state index is 12.0. The van der Waals surface area contributed by atoms with Gasteiger partial charge in [0.25, 0.3) is 0 Å². The zero-order valence-electron chi connectivity index (χ0n) is 13.7. The van der Waals surface area contributed by atoms with E-state index in [1.807, 2.05) is 38.1 Å². The molecule has 0 aliphatic carbocycles. The number of carbonyl (C=O) groups excluding carboxylic acids is 2. The minimum Gasteiger partial charge on any atom is -0.493 e. The summed E-state index contributed by atoms with van der Waals surface area (Å²) in [5.74, 6) is 0.771. The van der Waals surface area contributed by atoms with Crippen LogP contribution < -0.4 is 20.7 Å². The highest BCUT2D eigenvalue weighted by Gasteiger charge is 2.22. The molecule has 0 unspecified atom stereocenters. The Morgan fingerprint density at radius 2 is 2.13 bits per heavy atom. The van der Waals surface area contributed by atoms with Gasteiger partial charge in [-0.3, -0.25) is 4.79 Å². The van der Waals surface area contributed by atoms with Gasteiger partial charge in [-0.1, -0.05) is 25.1 Å². The van der Waals surface area contributed by atoms with E-state index in [1.54, 1.807) is 0 Å². The molecule has 6 nitrogen and oxygen atoms in total. The number of carbonyl (C=O) groups is 2. The quantitative estimate of drug-likeness (QED) is 0.751. The summed E-state index contributed by atoms with van der Waals surface area (Å²) < 4.78 is 5.57. The summed E-state index contributed by atoms with van der Waals surface area (Å²) >= 11 is 0. The number of para-hydroxylation sites is 1. The van der Waals surface area contributed by atoms with Crippen LogP contribution in [0.5, 0.6) is 5.75 Å². The summed E-state index contributed by atoms with van der Waals surface area (Å²) in [4.78, 5) is 23.6. The largest absolute Gasteiger partial charge is 0.493 e. The van der Waals surface area contributed by atoms with Crippen LogP contribution in [0.1, 0.15) is 44.7 Å². The van der Waals surface area contributed by atoms with Crippen LogP contribution in [0.4, 0.5) is 4.79 Å². The predicted octanol–water partition coefficient (Wildman–Crippen LogP) is 2.11. The van der Waals surface area contributed by atoms with Gasteiger partial charge in [0.2, 0.25) is 5.91 Å².